The summed E-state index contributed by atoms with van der Waals surface area (Å²) in [7, 11) is -3.53. The Morgan fingerprint density at radius 3 is 2.43 bits per heavy atom. The highest BCUT2D eigenvalue weighted by atomic mass is 32.2. The first-order valence-corrected chi connectivity index (χ1v) is 8.35. The molecule has 0 heterocycles. The van der Waals surface area contributed by atoms with E-state index in [2.05, 4.69) is 4.72 Å². The lowest BCUT2D eigenvalue weighted by Gasteiger charge is -2.09. The summed E-state index contributed by atoms with van der Waals surface area (Å²) in [5, 5.41) is 8.64. The number of ether oxygens (including phenoxy) is 2. The molecule has 0 saturated carbocycles. The van der Waals surface area contributed by atoms with E-state index >= 15 is 0 Å². The van der Waals surface area contributed by atoms with Crippen molar-refractivity contribution in [3.8, 4) is 5.75 Å². The lowest BCUT2D eigenvalue weighted by atomic mass is 10.2. The molecule has 0 amide bonds. The molecule has 0 fully saturated rings. The summed E-state index contributed by atoms with van der Waals surface area (Å²) in [5.74, 6) is 0.941. The van der Waals surface area contributed by atoms with Crippen molar-refractivity contribution < 1.29 is 23.0 Å². The zero-order chi connectivity index (χ0) is 15.7. The maximum Gasteiger partial charge on any atom is 0.240 e. The Bertz CT molecular complexity index is 499. The van der Waals surface area contributed by atoms with Crippen molar-refractivity contribution in [3.63, 3.8) is 0 Å². The van der Waals surface area contributed by atoms with Crippen LogP contribution in [0.2, 0.25) is 0 Å². The van der Waals surface area contributed by atoms with Crippen molar-refractivity contribution in [3.05, 3.63) is 24.3 Å². The lowest BCUT2D eigenvalue weighted by molar-refractivity contribution is 0.114. The second-order valence-electron chi connectivity index (χ2n) is 4.91. The van der Waals surface area contributed by atoms with Gasteiger partial charge in [0.15, 0.2) is 0 Å². The average Bonchev–Trinajstić information content (AvgIpc) is 2.44. The smallest absolute Gasteiger partial charge is 0.240 e. The molecule has 0 saturated heterocycles. The summed E-state index contributed by atoms with van der Waals surface area (Å²) >= 11 is 0. The molecular weight excluding hydrogens is 294 g/mol. The molecule has 0 atom stereocenters. The van der Waals surface area contributed by atoms with Gasteiger partial charge in [-0.15, -0.1) is 0 Å². The zero-order valence-electron chi connectivity index (χ0n) is 12.4. The number of aliphatic hydroxyl groups excluding tert-OH is 1. The Hall–Kier alpha value is -1.15. The molecule has 0 unspecified atom stereocenters. The van der Waals surface area contributed by atoms with E-state index in [4.69, 9.17) is 14.6 Å². The first-order chi connectivity index (χ1) is 9.95. The molecule has 6 nitrogen and oxygen atoms in total. The molecule has 0 bridgehead atoms. The van der Waals surface area contributed by atoms with Crippen LogP contribution in [-0.2, 0) is 14.8 Å². The van der Waals surface area contributed by atoms with E-state index < -0.39 is 10.0 Å². The quantitative estimate of drug-likeness (QED) is 0.629. The SMILES string of the molecule is CC(C)COCCNS(=O)(=O)c1ccc(OCCO)cc1. The molecule has 0 aromatic heterocycles. The van der Waals surface area contributed by atoms with E-state index in [-0.39, 0.29) is 24.7 Å². The van der Waals surface area contributed by atoms with Crippen molar-refractivity contribution in [1.82, 2.24) is 4.72 Å². The Kier molecular flexibility index (Phi) is 7.66. The van der Waals surface area contributed by atoms with Crippen LogP contribution in [0.5, 0.6) is 5.75 Å². The van der Waals surface area contributed by atoms with Crippen molar-refractivity contribution in [2.24, 2.45) is 5.92 Å². The predicted octanol–water partition coefficient (Wildman–Crippen LogP) is 1.01. The molecule has 120 valence electrons. The summed E-state index contributed by atoms with van der Waals surface area (Å²) in [5.41, 5.74) is 0. The van der Waals surface area contributed by atoms with E-state index in [0.717, 1.165) is 0 Å². The van der Waals surface area contributed by atoms with Gasteiger partial charge in [-0.05, 0) is 30.2 Å². The maximum atomic E-state index is 12.0. The standard InChI is InChI=1S/C14H23NO5S/c1-12(2)11-19-9-7-15-21(17,18)14-5-3-13(4-6-14)20-10-8-16/h3-6,12,15-16H,7-11H2,1-2H3. The van der Waals surface area contributed by atoms with Crippen LogP contribution >= 0.6 is 0 Å². The van der Waals surface area contributed by atoms with E-state index in [0.29, 0.717) is 24.9 Å². The molecule has 0 radical (unpaired) electrons. The van der Waals surface area contributed by atoms with Crippen LogP contribution in [-0.4, -0.2) is 46.5 Å². The van der Waals surface area contributed by atoms with Gasteiger partial charge in [0.1, 0.15) is 12.4 Å². The normalized spacial score (nSPS) is 11.8. The Morgan fingerprint density at radius 2 is 1.86 bits per heavy atom. The van der Waals surface area contributed by atoms with Gasteiger partial charge in [-0.25, -0.2) is 13.1 Å². The predicted molar refractivity (Wildman–Crippen MR) is 79.9 cm³/mol. The molecule has 7 heteroatoms. The lowest BCUT2D eigenvalue weighted by Crippen LogP contribution is -2.27. The highest BCUT2D eigenvalue weighted by molar-refractivity contribution is 7.89. The van der Waals surface area contributed by atoms with Gasteiger partial charge >= 0.3 is 0 Å². The molecule has 0 aliphatic carbocycles. The third kappa shape index (κ3) is 6.90. The van der Waals surface area contributed by atoms with Crippen molar-refractivity contribution in [2.75, 3.05) is 33.0 Å². The van der Waals surface area contributed by atoms with Crippen LogP contribution in [0.4, 0.5) is 0 Å². The molecule has 0 aliphatic heterocycles. The van der Waals surface area contributed by atoms with E-state index in [1.54, 1.807) is 12.1 Å². The third-order valence-electron chi connectivity index (χ3n) is 2.48. The molecule has 0 spiro atoms. The Balaban J connectivity index is 2.46. The van der Waals surface area contributed by atoms with Crippen LogP contribution in [0.1, 0.15) is 13.8 Å². The Morgan fingerprint density at radius 1 is 1.19 bits per heavy atom. The third-order valence-corrected chi connectivity index (χ3v) is 3.96. The zero-order valence-corrected chi connectivity index (χ0v) is 13.2. The van der Waals surface area contributed by atoms with Gasteiger partial charge in [0, 0.05) is 13.2 Å². The van der Waals surface area contributed by atoms with Crippen molar-refractivity contribution in [1.29, 1.82) is 0 Å². The van der Waals surface area contributed by atoms with E-state index in [9.17, 15) is 8.42 Å². The summed E-state index contributed by atoms with van der Waals surface area (Å²) in [6, 6.07) is 6.03. The molecule has 2 N–H and O–H groups in total. The molecule has 0 aliphatic rings. The largest absolute Gasteiger partial charge is 0.491 e. The fourth-order valence-electron chi connectivity index (χ4n) is 1.53. The minimum absolute atomic E-state index is 0.0853. The first kappa shape index (κ1) is 17.9. The molecular formula is C14H23NO5S. The van der Waals surface area contributed by atoms with Gasteiger partial charge in [-0.2, -0.15) is 0 Å². The van der Waals surface area contributed by atoms with E-state index in [1.807, 2.05) is 13.8 Å². The number of hydrogen-bond acceptors (Lipinski definition) is 5. The van der Waals surface area contributed by atoms with Gasteiger partial charge in [-0.3, -0.25) is 0 Å². The first-order valence-electron chi connectivity index (χ1n) is 6.87. The number of benzene rings is 1. The number of rotatable bonds is 10. The average molecular weight is 317 g/mol. The highest BCUT2D eigenvalue weighted by Gasteiger charge is 2.13. The van der Waals surface area contributed by atoms with Crippen LogP contribution in [0, 0.1) is 5.92 Å². The summed E-state index contributed by atoms with van der Waals surface area (Å²) < 4.78 is 37.0. The molecule has 1 aromatic rings. The fourth-order valence-corrected chi connectivity index (χ4v) is 2.54. The van der Waals surface area contributed by atoms with Gasteiger partial charge in [0.2, 0.25) is 10.0 Å². The van der Waals surface area contributed by atoms with Crippen molar-refractivity contribution >= 4 is 10.0 Å². The van der Waals surface area contributed by atoms with Gasteiger partial charge in [0.25, 0.3) is 0 Å². The van der Waals surface area contributed by atoms with Crippen LogP contribution < -0.4 is 9.46 Å². The van der Waals surface area contributed by atoms with Crippen molar-refractivity contribution in [2.45, 2.75) is 18.7 Å². The second kappa shape index (κ2) is 8.99. The van der Waals surface area contributed by atoms with Crippen LogP contribution in [0.15, 0.2) is 29.2 Å². The number of aliphatic hydroxyl groups is 1. The number of sulfonamides is 1. The Labute approximate surface area is 126 Å². The van der Waals surface area contributed by atoms with Gasteiger partial charge in [0.05, 0.1) is 18.1 Å². The number of hydrogen-bond donors (Lipinski definition) is 2. The van der Waals surface area contributed by atoms with Crippen LogP contribution in [0.3, 0.4) is 0 Å². The van der Waals surface area contributed by atoms with Gasteiger partial charge < -0.3 is 14.6 Å². The minimum Gasteiger partial charge on any atom is -0.491 e. The monoisotopic (exact) mass is 317 g/mol. The topological polar surface area (TPSA) is 84.9 Å². The molecule has 1 rings (SSSR count). The summed E-state index contributed by atoms with van der Waals surface area (Å²) in [6.07, 6.45) is 0. The summed E-state index contributed by atoms with van der Waals surface area (Å²) in [6.45, 7) is 5.34. The summed E-state index contributed by atoms with van der Waals surface area (Å²) in [4.78, 5) is 0.169. The molecule has 1 aromatic carbocycles. The minimum atomic E-state index is -3.53. The highest BCUT2D eigenvalue weighted by Crippen LogP contribution is 2.15. The number of nitrogens with one attached hydrogen (secondary N) is 1. The molecule has 21 heavy (non-hydrogen) atoms. The van der Waals surface area contributed by atoms with E-state index in [1.165, 1.54) is 12.1 Å². The second-order valence-corrected chi connectivity index (χ2v) is 6.68. The fraction of sp³-hybridized carbons (Fsp3) is 0.571. The maximum absolute atomic E-state index is 12.0. The van der Waals surface area contributed by atoms with Gasteiger partial charge in [-0.1, -0.05) is 13.8 Å². The van der Waals surface area contributed by atoms with Crippen LogP contribution in [0.25, 0.3) is 0 Å².